The van der Waals surface area contributed by atoms with Gasteiger partial charge in [0.15, 0.2) is 0 Å². The van der Waals surface area contributed by atoms with Gasteiger partial charge in [0.1, 0.15) is 5.58 Å². The number of benzene rings is 2. The highest BCUT2D eigenvalue weighted by atomic mass is 35.5. The average Bonchev–Trinajstić information content (AvgIpc) is 3.09. The second-order valence-corrected chi connectivity index (χ2v) is 6.31. The maximum atomic E-state index is 11.9. The van der Waals surface area contributed by atoms with Gasteiger partial charge in [0.05, 0.1) is 11.6 Å². The van der Waals surface area contributed by atoms with E-state index >= 15 is 0 Å². The van der Waals surface area contributed by atoms with Gasteiger partial charge in [0.25, 0.3) is 0 Å². The number of tetrazole rings is 1. The highest BCUT2D eigenvalue weighted by molar-refractivity contribution is 6.33. The zero-order valence-corrected chi connectivity index (χ0v) is 14.8. The summed E-state index contributed by atoms with van der Waals surface area (Å²) in [4.78, 5) is 13.4. The maximum Gasteiger partial charge on any atom is 0.336 e. The normalized spacial score (nSPS) is 11.2. The maximum absolute atomic E-state index is 11.9. The molecule has 0 fully saturated rings. The number of aromatic nitrogens is 4. The average molecular weight is 367 g/mol. The molecule has 0 saturated carbocycles. The van der Waals surface area contributed by atoms with Gasteiger partial charge >= 0.3 is 5.63 Å². The van der Waals surface area contributed by atoms with Crippen LogP contribution in [0.25, 0.3) is 22.4 Å². The largest absolute Gasteiger partial charge is 0.423 e. The third-order valence-electron chi connectivity index (χ3n) is 4.18. The molecule has 0 aliphatic carbocycles. The summed E-state index contributed by atoms with van der Waals surface area (Å²) in [6.45, 7) is 2.36. The first-order valence-corrected chi connectivity index (χ1v) is 8.60. The monoisotopic (exact) mass is 366 g/mol. The second kappa shape index (κ2) is 6.72. The van der Waals surface area contributed by atoms with E-state index in [4.69, 9.17) is 16.0 Å². The summed E-state index contributed by atoms with van der Waals surface area (Å²) in [5.41, 5.74) is 2.77. The Morgan fingerprint density at radius 3 is 2.81 bits per heavy atom. The van der Waals surface area contributed by atoms with Gasteiger partial charge in [0, 0.05) is 17.0 Å². The summed E-state index contributed by atoms with van der Waals surface area (Å²) in [5, 5.41) is 14.0. The van der Waals surface area contributed by atoms with Crippen LogP contribution in [0.3, 0.4) is 0 Å². The van der Waals surface area contributed by atoms with E-state index in [0.29, 0.717) is 28.5 Å². The predicted molar refractivity (Wildman–Crippen MR) is 99.2 cm³/mol. The van der Waals surface area contributed by atoms with Gasteiger partial charge in [0.2, 0.25) is 5.82 Å². The Labute approximate surface area is 154 Å². The van der Waals surface area contributed by atoms with E-state index in [0.717, 1.165) is 22.9 Å². The van der Waals surface area contributed by atoms with Gasteiger partial charge in [-0.2, -0.15) is 4.80 Å². The van der Waals surface area contributed by atoms with Crippen molar-refractivity contribution in [3.05, 3.63) is 75.1 Å². The highest BCUT2D eigenvalue weighted by Crippen LogP contribution is 2.24. The topological polar surface area (TPSA) is 73.8 Å². The quantitative estimate of drug-likeness (QED) is 0.515. The van der Waals surface area contributed by atoms with Crippen molar-refractivity contribution < 1.29 is 4.42 Å². The lowest BCUT2D eigenvalue weighted by Gasteiger charge is -2.05. The summed E-state index contributed by atoms with van der Waals surface area (Å²) < 4.78 is 5.33. The molecule has 6 nitrogen and oxygen atoms in total. The van der Waals surface area contributed by atoms with Crippen LogP contribution in [-0.4, -0.2) is 20.2 Å². The molecule has 4 rings (SSSR count). The first kappa shape index (κ1) is 16.5. The molecular formula is C19H15ClN4O2. The lowest BCUT2D eigenvalue weighted by molar-refractivity contribution is 0.545. The fourth-order valence-corrected chi connectivity index (χ4v) is 3.06. The van der Waals surface area contributed by atoms with Gasteiger partial charge in [-0.05, 0) is 41.0 Å². The molecular weight excluding hydrogens is 352 g/mol. The van der Waals surface area contributed by atoms with Gasteiger partial charge in [-0.3, -0.25) is 0 Å². The zero-order chi connectivity index (χ0) is 18.1. The fraction of sp³-hybridized carbons (Fsp3) is 0.158. The van der Waals surface area contributed by atoms with Crippen LogP contribution in [0.2, 0.25) is 5.02 Å². The number of hydrogen-bond donors (Lipinski definition) is 0. The van der Waals surface area contributed by atoms with Crippen molar-refractivity contribution in [2.24, 2.45) is 0 Å². The minimum Gasteiger partial charge on any atom is -0.423 e. The van der Waals surface area contributed by atoms with E-state index in [9.17, 15) is 4.79 Å². The molecule has 0 amide bonds. The molecule has 0 atom stereocenters. The molecule has 0 bridgehead atoms. The third-order valence-corrected chi connectivity index (χ3v) is 4.51. The first-order valence-electron chi connectivity index (χ1n) is 8.22. The Morgan fingerprint density at radius 2 is 2.00 bits per heavy atom. The Kier molecular flexibility index (Phi) is 4.26. The first-order chi connectivity index (χ1) is 12.6. The Bertz CT molecular complexity index is 1150. The van der Waals surface area contributed by atoms with Crippen molar-refractivity contribution in [2.75, 3.05) is 0 Å². The molecule has 7 heteroatoms. The summed E-state index contributed by atoms with van der Waals surface area (Å²) in [6, 6.07) is 14.7. The Morgan fingerprint density at radius 1 is 1.15 bits per heavy atom. The van der Waals surface area contributed by atoms with E-state index in [1.807, 2.05) is 36.4 Å². The third kappa shape index (κ3) is 3.11. The van der Waals surface area contributed by atoms with Crippen LogP contribution >= 0.6 is 11.6 Å². The smallest absolute Gasteiger partial charge is 0.336 e. The molecule has 0 radical (unpaired) electrons. The zero-order valence-electron chi connectivity index (χ0n) is 14.0. The molecule has 130 valence electrons. The molecule has 2 heterocycles. The standard InChI is InChI=1S/C19H15ClN4O2/c1-2-12-7-8-14-13(10-18(25)26-17(14)9-12)11-24-22-19(21-23-24)15-5-3-4-6-16(15)20/h3-10H,2,11H2,1H3. The second-order valence-electron chi connectivity index (χ2n) is 5.90. The summed E-state index contributed by atoms with van der Waals surface area (Å²) in [7, 11) is 0. The molecule has 0 aliphatic heterocycles. The van der Waals surface area contributed by atoms with Gasteiger partial charge < -0.3 is 4.42 Å². The number of fused-ring (bicyclic) bond motifs is 1. The minimum absolute atomic E-state index is 0.311. The fourth-order valence-electron chi connectivity index (χ4n) is 2.84. The van der Waals surface area contributed by atoms with Crippen LogP contribution < -0.4 is 5.63 Å². The molecule has 0 saturated heterocycles. The lowest BCUT2D eigenvalue weighted by atomic mass is 10.1. The van der Waals surface area contributed by atoms with Crippen LogP contribution in [0.5, 0.6) is 0 Å². The molecule has 0 aliphatic rings. The van der Waals surface area contributed by atoms with Gasteiger partial charge in [-0.25, -0.2) is 4.79 Å². The molecule has 4 aromatic rings. The molecule has 26 heavy (non-hydrogen) atoms. The summed E-state index contributed by atoms with van der Waals surface area (Å²) in [5.74, 6) is 0.441. The van der Waals surface area contributed by atoms with Crippen LogP contribution in [-0.2, 0) is 13.0 Å². The van der Waals surface area contributed by atoms with Crippen molar-refractivity contribution in [3.63, 3.8) is 0 Å². The van der Waals surface area contributed by atoms with Crippen LogP contribution in [0.15, 0.2) is 57.7 Å². The van der Waals surface area contributed by atoms with E-state index in [1.165, 1.54) is 10.9 Å². The summed E-state index contributed by atoms with van der Waals surface area (Å²) in [6.07, 6.45) is 0.871. The van der Waals surface area contributed by atoms with Crippen molar-refractivity contribution in [3.8, 4) is 11.4 Å². The number of nitrogens with zero attached hydrogens (tertiary/aromatic N) is 4. The Balaban J connectivity index is 1.72. The van der Waals surface area contributed by atoms with E-state index < -0.39 is 5.63 Å². The van der Waals surface area contributed by atoms with Crippen LogP contribution in [0.4, 0.5) is 0 Å². The lowest BCUT2D eigenvalue weighted by Crippen LogP contribution is -2.08. The molecule has 2 aromatic carbocycles. The van der Waals surface area contributed by atoms with Crippen LogP contribution in [0, 0.1) is 0 Å². The molecule has 2 aromatic heterocycles. The number of hydrogen-bond acceptors (Lipinski definition) is 5. The number of rotatable bonds is 4. The SMILES string of the molecule is CCc1ccc2c(Cn3nnc(-c4ccccc4Cl)n3)cc(=O)oc2c1. The summed E-state index contributed by atoms with van der Waals surface area (Å²) >= 11 is 6.18. The predicted octanol–water partition coefficient (Wildman–Crippen LogP) is 3.71. The Hall–Kier alpha value is -2.99. The van der Waals surface area contributed by atoms with Gasteiger partial charge in [-0.15, -0.1) is 10.2 Å². The number of halogens is 1. The van der Waals surface area contributed by atoms with Crippen molar-refractivity contribution in [1.29, 1.82) is 0 Å². The van der Waals surface area contributed by atoms with E-state index in [-0.39, 0.29) is 0 Å². The van der Waals surface area contributed by atoms with E-state index in [2.05, 4.69) is 22.3 Å². The van der Waals surface area contributed by atoms with Crippen LogP contribution in [0.1, 0.15) is 18.1 Å². The highest BCUT2D eigenvalue weighted by Gasteiger charge is 2.12. The van der Waals surface area contributed by atoms with Crippen molar-refractivity contribution in [1.82, 2.24) is 20.2 Å². The molecule has 0 spiro atoms. The van der Waals surface area contributed by atoms with Crippen molar-refractivity contribution >= 4 is 22.6 Å². The molecule has 0 N–H and O–H groups in total. The van der Waals surface area contributed by atoms with E-state index in [1.54, 1.807) is 6.07 Å². The van der Waals surface area contributed by atoms with Crippen molar-refractivity contribution in [2.45, 2.75) is 19.9 Å². The molecule has 0 unspecified atom stereocenters. The van der Waals surface area contributed by atoms with Gasteiger partial charge in [-0.1, -0.05) is 42.8 Å². The number of aryl methyl sites for hydroxylation is 1. The minimum atomic E-state index is -0.396.